The van der Waals surface area contributed by atoms with Gasteiger partial charge in [-0.15, -0.1) is 0 Å². The van der Waals surface area contributed by atoms with Crippen molar-refractivity contribution in [2.45, 2.75) is 57.8 Å². The monoisotopic (exact) mass is 792 g/mol. The Balaban J connectivity index is 1.12. The van der Waals surface area contributed by atoms with E-state index < -0.39 is 5.41 Å². The third kappa shape index (κ3) is 6.49. The van der Waals surface area contributed by atoms with Crippen molar-refractivity contribution in [3.8, 4) is 5.82 Å². The van der Waals surface area contributed by atoms with Crippen molar-refractivity contribution in [1.82, 2.24) is 9.55 Å². The van der Waals surface area contributed by atoms with Crippen LogP contribution in [0.4, 0.5) is 22.7 Å². The van der Waals surface area contributed by atoms with E-state index in [0.717, 1.165) is 23.5 Å². The van der Waals surface area contributed by atoms with E-state index in [1.54, 1.807) is 0 Å². The highest BCUT2D eigenvalue weighted by atomic mass is 15.4. The number of aromatic nitrogens is 2. The zero-order chi connectivity index (χ0) is 41.9. The Morgan fingerprint density at radius 3 is 1.62 bits per heavy atom. The zero-order valence-corrected chi connectivity index (χ0v) is 36.0. The van der Waals surface area contributed by atoms with Gasteiger partial charge in [-0.2, -0.15) is 0 Å². The van der Waals surface area contributed by atoms with Crippen LogP contribution in [0.2, 0.25) is 0 Å². The van der Waals surface area contributed by atoms with Gasteiger partial charge in [-0.25, -0.2) is 4.98 Å². The molecular formula is C57H52N4. The number of fused-ring (bicyclic) bond motifs is 4. The fraction of sp³-hybridized carbons (Fsp3) is 0.175. The van der Waals surface area contributed by atoms with E-state index in [9.17, 15) is 0 Å². The molecule has 0 N–H and O–H groups in total. The molecule has 0 fully saturated rings. The molecule has 0 radical (unpaired) electrons. The van der Waals surface area contributed by atoms with Crippen molar-refractivity contribution >= 4 is 44.6 Å². The zero-order valence-electron chi connectivity index (χ0n) is 36.0. The number of hydrogen-bond donors (Lipinski definition) is 0. The molecule has 61 heavy (non-hydrogen) atoms. The molecule has 0 bridgehead atoms. The van der Waals surface area contributed by atoms with Crippen LogP contribution in [-0.2, 0) is 16.2 Å². The minimum atomic E-state index is -0.393. The maximum Gasteiger partial charge on any atom is 0.137 e. The quantitative estimate of drug-likeness (QED) is 0.153. The van der Waals surface area contributed by atoms with Crippen molar-refractivity contribution in [1.29, 1.82) is 0 Å². The molecule has 0 saturated carbocycles. The van der Waals surface area contributed by atoms with Crippen LogP contribution in [0, 0.1) is 0 Å². The Hall–Kier alpha value is -6.91. The smallest absolute Gasteiger partial charge is 0.137 e. The molecule has 300 valence electrons. The molecular weight excluding hydrogens is 741 g/mol. The second kappa shape index (κ2) is 14.7. The van der Waals surface area contributed by atoms with Crippen molar-refractivity contribution in [3.63, 3.8) is 0 Å². The Bertz CT molecular complexity index is 2990. The fourth-order valence-electron chi connectivity index (χ4n) is 9.49. The first-order chi connectivity index (χ1) is 29.5. The summed E-state index contributed by atoms with van der Waals surface area (Å²) in [4.78, 5) is 10.0. The highest BCUT2D eigenvalue weighted by Gasteiger charge is 2.34. The van der Waals surface area contributed by atoms with E-state index in [4.69, 9.17) is 4.98 Å². The second-order valence-electron chi connectivity index (χ2n) is 18.3. The summed E-state index contributed by atoms with van der Waals surface area (Å²) in [6.07, 6.45) is 1.98. The van der Waals surface area contributed by atoms with E-state index >= 15 is 0 Å². The molecule has 0 unspecified atom stereocenters. The van der Waals surface area contributed by atoms with Crippen molar-refractivity contribution < 1.29 is 0 Å². The topological polar surface area (TPSA) is 24.3 Å². The molecule has 0 atom stereocenters. The number of hydrogen-bond acceptors (Lipinski definition) is 3. The van der Waals surface area contributed by atoms with Gasteiger partial charge in [0.2, 0.25) is 0 Å². The summed E-state index contributed by atoms with van der Waals surface area (Å²) in [5, 5.41) is 2.44. The standard InChI is InChI=1S/C57H52N4/c1-55(2,3)44-34-45(36-47(35-44)60-39-59(46-24-14-9-15-25-46)51-28-18-19-29-52(51)60)56(4,5)42-30-31-49-48-26-16-17-27-50(48)61(53(49)37-42)54-38-43(32-33-58-54)57(6,40-20-10-7-11-21-40)41-22-12-8-13-23-41/h7-38H,39H2,1-6H3. The first-order valence-corrected chi connectivity index (χ1v) is 21.5. The molecule has 0 spiro atoms. The van der Waals surface area contributed by atoms with Gasteiger partial charge in [0.15, 0.2) is 0 Å². The molecule has 3 heterocycles. The highest BCUT2D eigenvalue weighted by Crippen LogP contribution is 2.47. The maximum absolute atomic E-state index is 5.13. The maximum atomic E-state index is 5.13. The Morgan fingerprint density at radius 2 is 0.967 bits per heavy atom. The van der Waals surface area contributed by atoms with Gasteiger partial charge in [0.25, 0.3) is 0 Å². The molecule has 0 saturated heterocycles. The van der Waals surface area contributed by atoms with Crippen LogP contribution in [0.3, 0.4) is 0 Å². The average Bonchev–Trinajstić information content (AvgIpc) is 3.85. The highest BCUT2D eigenvalue weighted by molar-refractivity contribution is 6.09. The molecule has 2 aromatic heterocycles. The average molecular weight is 793 g/mol. The minimum Gasteiger partial charge on any atom is -0.321 e. The molecule has 0 aliphatic carbocycles. The predicted octanol–water partition coefficient (Wildman–Crippen LogP) is 14.4. The predicted molar refractivity (Wildman–Crippen MR) is 256 cm³/mol. The second-order valence-corrected chi connectivity index (χ2v) is 18.3. The number of para-hydroxylation sites is 4. The number of rotatable bonds is 8. The summed E-state index contributed by atoms with van der Waals surface area (Å²) in [6.45, 7) is 14.8. The largest absolute Gasteiger partial charge is 0.321 e. The van der Waals surface area contributed by atoms with Crippen molar-refractivity contribution in [2.75, 3.05) is 16.5 Å². The van der Waals surface area contributed by atoms with Gasteiger partial charge in [0, 0.05) is 39.2 Å². The summed E-state index contributed by atoms with van der Waals surface area (Å²) in [6, 6.07) is 68.8. The lowest BCUT2D eigenvalue weighted by molar-refractivity contribution is 0.582. The van der Waals surface area contributed by atoms with Crippen molar-refractivity contribution in [2.24, 2.45) is 0 Å². The fourth-order valence-corrected chi connectivity index (χ4v) is 9.49. The van der Waals surface area contributed by atoms with Crippen molar-refractivity contribution in [3.05, 3.63) is 228 Å². The number of anilines is 4. The van der Waals surface area contributed by atoms with E-state index in [2.05, 4.69) is 244 Å². The summed E-state index contributed by atoms with van der Waals surface area (Å²) < 4.78 is 2.38. The third-order valence-electron chi connectivity index (χ3n) is 13.3. The van der Waals surface area contributed by atoms with E-state index in [1.807, 2.05) is 6.20 Å². The summed E-state index contributed by atoms with van der Waals surface area (Å²) in [5.74, 6) is 0.907. The van der Waals surface area contributed by atoms with E-state index in [1.165, 1.54) is 66.9 Å². The Labute approximate surface area is 360 Å². The number of nitrogens with zero attached hydrogens (tertiary/aromatic N) is 4. The SMILES string of the molecule is CC(C)(C)c1cc(N2CN(c3ccccc3)c3ccccc32)cc(C(C)(C)c2ccc3c4ccccc4n(-c4cc(C(C)(c5ccccc5)c5ccccc5)ccn4)c3c2)c1. The van der Waals surface area contributed by atoms with E-state index in [0.29, 0.717) is 0 Å². The van der Waals surface area contributed by atoms with Crippen LogP contribution in [-0.4, -0.2) is 16.2 Å². The van der Waals surface area contributed by atoms with E-state index in [-0.39, 0.29) is 10.8 Å². The summed E-state index contributed by atoms with van der Waals surface area (Å²) >= 11 is 0. The van der Waals surface area contributed by atoms with Gasteiger partial charge in [0.05, 0.1) is 22.4 Å². The van der Waals surface area contributed by atoms with Gasteiger partial charge in [0.1, 0.15) is 12.5 Å². The number of benzene rings is 7. The first-order valence-electron chi connectivity index (χ1n) is 21.5. The Morgan fingerprint density at radius 1 is 0.410 bits per heavy atom. The van der Waals surface area contributed by atoms with Crippen LogP contribution < -0.4 is 9.80 Å². The molecule has 0 amide bonds. The molecule has 9 aromatic rings. The lowest BCUT2D eigenvalue weighted by Gasteiger charge is -2.32. The minimum absolute atomic E-state index is 0.0553. The summed E-state index contributed by atoms with van der Waals surface area (Å²) in [7, 11) is 0. The number of pyridine rings is 1. The third-order valence-corrected chi connectivity index (χ3v) is 13.3. The van der Waals surface area contributed by atoms with Gasteiger partial charge in [-0.3, -0.25) is 4.57 Å². The molecule has 10 rings (SSSR count). The van der Waals surface area contributed by atoms with Gasteiger partial charge >= 0.3 is 0 Å². The van der Waals surface area contributed by atoms with Gasteiger partial charge < -0.3 is 9.80 Å². The first kappa shape index (κ1) is 38.3. The van der Waals surface area contributed by atoms with Crippen LogP contribution in [0.25, 0.3) is 27.6 Å². The lowest BCUT2D eigenvalue weighted by Crippen LogP contribution is -2.26. The Kier molecular flexibility index (Phi) is 9.21. The van der Waals surface area contributed by atoms with Crippen LogP contribution in [0.5, 0.6) is 0 Å². The van der Waals surface area contributed by atoms with Crippen LogP contribution in [0.1, 0.15) is 74.9 Å². The molecule has 4 nitrogen and oxygen atoms in total. The molecule has 1 aliphatic heterocycles. The van der Waals surface area contributed by atoms with Crippen LogP contribution >= 0.6 is 0 Å². The summed E-state index contributed by atoms with van der Waals surface area (Å²) in [5.41, 5.74) is 13.9. The van der Waals surface area contributed by atoms with Gasteiger partial charge in [-0.05, 0) is 106 Å². The van der Waals surface area contributed by atoms with Gasteiger partial charge in [-0.1, -0.05) is 162 Å². The molecule has 4 heteroatoms. The molecule has 1 aliphatic rings. The normalized spacial score (nSPS) is 13.3. The molecule has 7 aromatic carbocycles. The van der Waals surface area contributed by atoms with Crippen LogP contribution in [0.15, 0.2) is 194 Å². The lowest BCUT2D eigenvalue weighted by atomic mass is 9.71.